The molecular weight excluding hydrogens is 108 g/mol. The van der Waals surface area contributed by atoms with Crippen LogP contribution in [0, 0.1) is 23.7 Å². The van der Waals surface area contributed by atoms with Crippen LogP contribution in [0.1, 0.15) is 33.1 Å². The van der Waals surface area contributed by atoms with E-state index in [1.807, 2.05) is 0 Å². The van der Waals surface area contributed by atoms with Gasteiger partial charge in [-0.25, -0.2) is 0 Å². The van der Waals surface area contributed by atoms with Crippen molar-refractivity contribution in [1.29, 1.82) is 0 Å². The SMILES string of the molecule is CC(C)C1C[C@@H]2C[C@@H]2C1. The van der Waals surface area contributed by atoms with Crippen molar-refractivity contribution in [2.45, 2.75) is 33.1 Å². The van der Waals surface area contributed by atoms with Gasteiger partial charge in [0, 0.05) is 0 Å². The van der Waals surface area contributed by atoms with Gasteiger partial charge in [0.05, 0.1) is 0 Å². The summed E-state index contributed by atoms with van der Waals surface area (Å²) >= 11 is 0. The molecule has 0 heterocycles. The van der Waals surface area contributed by atoms with Gasteiger partial charge >= 0.3 is 0 Å². The van der Waals surface area contributed by atoms with E-state index in [4.69, 9.17) is 0 Å². The molecule has 0 spiro atoms. The average molecular weight is 124 g/mol. The molecule has 0 radical (unpaired) electrons. The molecule has 0 N–H and O–H groups in total. The van der Waals surface area contributed by atoms with Crippen LogP contribution in [-0.2, 0) is 0 Å². The Kier molecular flexibility index (Phi) is 1.12. The zero-order valence-corrected chi connectivity index (χ0v) is 6.43. The molecule has 3 atom stereocenters. The second-order valence-corrected chi connectivity index (χ2v) is 4.23. The number of rotatable bonds is 1. The molecule has 9 heavy (non-hydrogen) atoms. The first-order valence-corrected chi connectivity index (χ1v) is 4.27. The van der Waals surface area contributed by atoms with Crippen LogP contribution >= 0.6 is 0 Å². The van der Waals surface area contributed by atoms with E-state index in [2.05, 4.69) is 13.8 Å². The van der Waals surface area contributed by atoms with Crippen molar-refractivity contribution in [2.75, 3.05) is 0 Å². The maximum atomic E-state index is 2.37. The highest BCUT2D eigenvalue weighted by Crippen LogP contribution is 2.55. The Morgan fingerprint density at radius 1 is 1.00 bits per heavy atom. The van der Waals surface area contributed by atoms with Gasteiger partial charge in [0.1, 0.15) is 0 Å². The lowest BCUT2D eigenvalue weighted by molar-refractivity contribution is 0.362. The fraction of sp³-hybridized carbons (Fsp3) is 1.00. The molecule has 0 amide bonds. The van der Waals surface area contributed by atoms with Gasteiger partial charge in [-0.1, -0.05) is 13.8 Å². The van der Waals surface area contributed by atoms with Crippen molar-refractivity contribution in [3.05, 3.63) is 0 Å². The predicted octanol–water partition coefficient (Wildman–Crippen LogP) is 2.69. The zero-order chi connectivity index (χ0) is 6.43. The zero-order valence-electron chi connectivity index (χ0n) is 6.43. The molecule has 2 rings (SSSR count). The predicted molar refractivity (Wildman–Crippen MR) is 39.2 cm³/mol. The highest BCUT2D eigenvalue weighted by atomic mass is 14.5. The van der Waals surface area contributed by atoms with Crippen LogP contribution in [0.15, 0.2) is 0 Å². The van der Waals surface area contributed by atoms with E-state index < -0.39 is 0 Å². The summed E-state index contributed by atoms with van der Waals surface area (Å²) in [6.45, 7) is 4.74. The summed E-state index contributed by atoms with van der Waals surface area (Å²) < 4.78 is 0. The normalized spacial score (nSPS) is 47.7. The van der Waals surface area contributed by atoms with Crippen LogP contribution in [0.2, 0.25) is 0 Å². The van der Waals surface area contributed by atoms with E-state index in [9.17, 15) is 0 Å². The molecule has 0 aliphatic heterocycles. The first-order chi connectivity index (χ1) is 4.27. The first kappa shape index (κ1) is 5.76. The molecule has 2 aliphatic carbocycles. The Labute approximate surface area is 57.6 Å². The van der Waals surface area contributed by atoms with Gasteiger partial charge in [0.15, 0.2) is 0 Å². The summed E-state index contributed by atoms with van der Waals surface area (Å²) in [6.07, 6.45) is 4.69. The Morgan fingerprint density at radius 3 is 1.89 bits per heavy atom. The lowest BCUT2D eigenvalue weighted by atomic mass is 9.91. The molecule has 0 aromatic heterocycles. The summed E-state index contributed by atoms with van der Waals surface area (Å²) in [5, 5.41) is 0. The van der Waals surface area contributed by atoms with Crippen molar-refractivity contribution in [3.8, 4) is 0 Å². The van der Waals surface area contributed by atoms with E-state index in [0.717, 1.165) is 11.8 Å². The van der Waals surface area contributed by atoms with E-state index >= 15 is 0 Å². The highest BCUT2D eigenvalue weighted by molar-refractivity contribution is 4.96. The maximum Gasteiger partial charge on any atom is -0.0380 e. The maximum absolute atomic E-state index is 2.37. The third kappa shape index (κ3) is 0.889. The summed E-state index contributed by atoms with van der Waals surface area (Å²) in [5.41, 5.74) is 0. The van der Waals surface area contributed by atoms with Crippen molar-refractivity contribution in [2.24, 2.45) is 23.7 Å². The lowest BCUT2D eigenvalue weighted by Crippen LogP contribution is -2.04. The van der Waals surface area contributed by atoms with Gasteiger partial charge in [-0.15, -0.1) is 0 Å². The largest absolute Gasteiger partial charge is 0.0625 e. The van der Waals surface area contributed by atoms with Crippen molar-refractivity contribution in [1.82, 2.24) is 0 Å². The molecular formula is C9H16. The molecule has 0 nitrogen and oxygen atoms in total. The van der Waals surface area contributed by atoms with Crippen molar-refractivity contribution >= 4 is 0 Å². The minimum absolute atomic E-state index is 0.956. The van der Waals surface area contributed by atoms with Crippen LogP contribution in [0.4, 0.5) is 0 Å². The quantitative estimate of drug-likeness (QED) is 0.504. The van der Waals surface area contributed by atoms with Gasteiger partial charge in [-0.3, -0.25) is 0 Å². The standard InChI is InChI=1S/C9H16/c1-6(2)7-3-8-5-9(8)4-7/h6-9H,3-5H2,1-2H3/t7?,8-,9+. The summed E-state index contributed by atoms with van der Waals surface area (Å²) in [7, 11) is 0. The van der Waals surface area contributed by atoms with Gasteiger partial charge in [0.2, 0.25) is 0 Å². The lowest BCUT2D eigenvalue weighted by Gasteiger charge is -2.14. The fourth-order valence-corrected chi connectivity index (χ4v) is 2.31. The smallest absolute Gasteiger partial charge is 0.0380 e. The second-order valence-electron chi connectivity index (χ2n) is 4.23. The van der Waals surface area contributed by atoms with Crippen LogP contribution < -0.4 is 0 Å². The minimum atomic E-state index is 0.956. The monoisotopic (exact) mass is 124 g/mol. The molecule has 0 aromatic carbocycles. The van der Waals surface area contributed by atoms with Crippen LogP contribution in [0.5, 0.6) is 0 Å². The second kappa shape index (κ2) is 1.74. The molecule has 52 valence electrons. The van der Waals surface area contributed by atoms with E-state index in [-0.39, 0.29) is 0 Å². The van der Waals surface area contributed by atoms with Gasteiger partial charge in [0.25, 0.3) is 0 Å². The van der Waals surface area contributed by atoms with Crippen LogP contribution in [0.3, 0.4) is 0 Å². The minimum Gasteiger partial charge on any atom is -0.0625 e. The summed E-state index contributed by atoms with van der Waals surface area (Å²) in [6, 6.07) is 0. The molecule has 0 heteroatoms. The van der Waals surface area contributed by atoms with Gasteiger partial charge in [-0.05, 0) is 42.9 Å². The van der Waals surface area contributed by atoms with E-state index in [1.54, 1.807) is 19.3 Å². The fourth-order valence-electron chi connectivity index (χ4n) is 2.31. The highest BCUT2D eigenvalue weighted by Gasteiger charge is 2.46. The van der Waals surface area contributed by atoms with Crippen LogP contribution in [0.25, 0.3) is 0 Å². The summed E-state index contributed by atoms with van der Waals surface area (Å²) in [5.74, 6) is 4.40. The number of hydrogen-bond donors (Lipinski definition) is 0. The molecule has 0 aromatic rings. The number of fused-ring (bicyclic) bond motifs is 1. The Bertz CT molecular complexity index is 105. The van der Waals surface area contributed by atoms with Crippen molar-refractivity contribution in [3.63, 3.8) is 0 Å². The Hall–Kier alpha value is 0. The van der Waals surface area contributed by atoms with E-state index in [0.29, 0.717) is 0 Å². The molecule has 0 saturated heterocycles. The molecule has 2 saturated carbocycles. The third-order valence-corrected chi connectivity index (χ3v) is 3.22. The van der Waals surface area contributed by atoms with Crippen molar-refractivity contribution < 1.29 is 0 Å². The van der Waals surface area contributed by atoms with E-state index in [1.165, 1.54) is 11.8 Å². The Balaban J connectivity index is 1.90. The first-order valence-electron chi connectivity index (χ1n) is 4.27. The van der Waals surface area contributed by atoms with Gasteiger partial charge < -0.3 is 0 Å². The summed E-state index contributed by atoms with van der Waals surface area (Å²) in [4.78, 5) is 0. The average Bonchev–Trinajstić information content (AvgIpc) is 2.40. The number of hydrogen-bond acceptors (Lipinski definition) is 0. The Morgan fingerprint density at radius 2 is 1.56 bits per heavy atom. The topological polar surface area (TPSA) is 0 Å². The molecule has 1 unspecified atom stereocenters. The molecule has 0 bridgehead atoms. The molecule has 2 fully saturated rings. The van der Waals surface area contributed by atoms with Crippen LogP contribution in [-0.4, -0.2) is 0 Å². The van der Waals surface area contributed by atoms with Gasteiger partial charge in [-0.2, -0.15) is 0 Å². The third-order valence-electron chi connectivity index (χ3n) is 3.22. The molecule has 2 aliphatic rings.